The Morgan fingerprint density at radius 3 is 3.06 bits per heavy atom. The molecule has 0 radical (unpaired) electrons. The molecule has 0 saturated heterocycles. The predicted octanol–water partition coefficient (Wildman–Crippen LogP) is 1.11. The quantitative estimate of drug-likeness (QED) is 0.619. The van der Waals surface area contributed by atoms with Gasteiger partial charge in [0.15, 0.2) is 0 Å². The van der Waals surface area contributed by atoms with Crippen molar-refractivity contribution in [2.24, 2.45) is 0 Å². The highest BCUT2D eigenvalue weighted by Crippen LogP contribution is 2.10. The fourth-order valence-corrected chi connectivity index (χ4v) is 1.42. The van der Waals surface area contributed by atoms with Crippen LogP contribution in [0.3, 0.4) is 0 Å². The first kappa shape index (κ1) is 11.1. The van der Waals surface area contributed by atoms with Crippen LogP contribution in [0.4, 0.5) is 0 Å². The molecule has 0 saturated carbocycles. The molecule has 0 aliphatic rings. The Labute approximate surface area is 96.8 Å². The molecule has 2 aromatic rings. The zero-order valence-electron chi connectivity index (χ0n) is 9.14. The average Bonchev–Trinajstić information content (AvgIpc) is 2.36. The SMILES string of the molecule is COC(=O)C=Cc1ccc2nc[nH]c(=O)c2c1. The number of hydrogen-bond acceptors (Lipinski definition) is 4. The summed E-state index contributed by atoms with van der Waals surface area (Å²) >= 11 is 0. The standard InChI is InChI=1S/C12H10N2O3/c1-17-11(15)5-3-8-2-4-10-9(6-8)12(16)14-7-13-10/h2-7H,1H3,(H,13,14,16). The van der Waals surface area contributed by atoms with Crippen molar-refractivity contribution >= 4 is 22.9 Å². The lowest BCUT2D eigenvalue weighted by Gasteiger charge is -1.97. The molecule has 0 unspecified atom stereocenters. The Hall–Kier alpha value is -2.43. The highest BCUT2D eigenvalue weighted by molar-refractivity contribution is 5.88. The lowest BCUT2D eigenvalue weighted by atomic mass is 10.1. The molecule has 0 bridgehead atoms. The van der Waals surface area contributed by atoms with Crippen LogP contribution in [0.1, 0.15) is 5.56 Å². The highest BCUT2D eigenvalue weighted by atomic mass is 16.5. The second-order valence-electron chi connectivity index (χ2n) is 3.36. The summed E-state index contributed by atoms with van der Waals surface area (Å²) in [6.07, 6.45) is 4.23. The Morgan fingerprint density at radius 2 is 2.29 bits per heavy atom. The summed E-state index contributed by atoms with van der Waals surface area (Å²) < 4.78 is 4.48. The van der Waals surface area contributed by atoms with Crippen LogP contribution in [-0.4, -0.2) is 23.0 Å². The third-order valence-corrected chi connectivity index (χ3v) is 2.28. The van der Waals surface area contributed by atoms with E-state index in [1.54, 1.807) is 24.3 Å². The van der Waals surface area contributed by atoms with Gasteiger partial charge < -0.3 is 9.72 Å². The molecule has 0 aliphatic heterocycles. The van der Waals surface area contributed by atoms with Crippen LogP contribution in [0.5, 0.6) is 0 Å². The molecule has 1 aromatic carbocycles. The Kier molecular flexibility index (Phi) is 3.00. The van der Waals surface area contributed by atoms with Gasteiger partial charge >= 0.3 is 5.97 Å². The first-order valence-electron chi connectivity index (χ1n) is 4.94. The van der Waals surface area contributed by atoms with E-state index in [0.29, 0.717) is 10.9 Å². The van der Waals surface area contributed by atoms with E-state index < -0.39 is 5.97 Å². The van der Waals surface area contributed by atoms with Crippen molar-refractivity contribution in [1.82, 2.24) is 9.97 Å². The third-order valence-electron chi connectivity index (χ3n) is 2.28. The van der Waals surface area contributed by atoms with Crippen LogP contribution >= 0.6 is 0 Å². The maximum atomic E-state index is 11.5. The molecule has 5 nitrogen and oxygen atoms in total. The largest absolute Gasteiger partial charge is 0.466 e. The molecular weight excluding hydrogens is 220 g/mol. The third kappa shape index (κ3) is 2.39. The van der Waals surface area contributed by atoms with Crippen LogP contribution < -0.4 is 5.56 Å². The van der Waals surface area contributed by atoms with Crippen LogP contribution in [-0.2, 0) is 9.53 Å². The maximum Gasteiger partial charge on any atom is 0.330 e. The number of aromatic nitrogens is 2. The average molecular weight is 230 g/mol. The van der Waals surface area contributed by atoms with Crippen molar-refractivity contribution in [2.75, 3.05) is 7.11 Å². The van der Waals surface area contributed by atoms with Gasteiger partial charge in [-0.3, -0.25) is 4.79 Å². The predicted molar refractivity (Wildman–Crippen MR) is 63.4 cm³/mol. The molecule has 1 aromatic heterocycles. The number of H-pyrrole nitrogens is 1. The van der Waals surface area contributed by atoms with E-state index in [2.05, 4.69) is 14.7 Å². The summed E-state index contributed by atoms with van der Waals surface area (Å²) in [5, 5.41) is 0.486. The number of rotatable bonds is 2. The van der Waals surface area contributed by atoms with Crippen molar-refractivity contribution in [2.45, 2.75) is 0 Å². The van der Waals surface area contributed by atoms with Gasteiger partial charge in [0.25, 0.3) is 5.56 Å². The molecule has 5 heteroatoms. The number of carbonyl (C=O) groups excluding carboxylic acids is 1. The Balaban J connectivity index is 2.44. The number of aromatic amines is 1. The van der Waals surface area contributed by atoms with Gasteiger partial charge in [0.2, 0.25) is 0 Å². The minimum absolute atomic E-state index is 0.205. The Bertz CT molecular complexity index is 643. The minimum Gasteiger partial charge on any atom is -0.466 e. The molecule has 0 amide bonds. The number of hydrogen-bond donors (Lipinski definition) is 1. The molecule has 0 aliphatic carbocycles. The summed E-state index contributed by atoms with van der Waals surface area (Å²) in [6, 6.07) is 5.16. The number of carbonyl (C=O) groups is 1. The highest BCUT2D eigenvalue weighted by Gasteiger charge is 1.99. The minimum atomic E-state index is -0.440. The van der Waals surface area contributed by atoms with Gasteiger partial charge in [0, 0.05) is 6.08 Å². The van der Waals surface area contributed by atoms with E-state index in [0.717, 1.165) is 5.56 Å². The van der Waals surface area contributed by atoms with Crippen molar-refractivity contribution < 1.29 is 9.53 Å². The summed E-state index contributed by atoms with van der Waals surface area (Å²) in [4.78, 5) is 29.0. The van der Waals surface area contributed by atoms with E-state index in [-0.39, 0.29) is 5.56 Å². The number of fused-ring (bicyclic) bond motifs is 1. The van der Waals surface area contributed by atoms with Crippen molar-refractivity contribution in [3.05, 3.63) is 46.5 Å². The molecule has 17 heavy (non-hydrogen) atoms. The fraction of sp³-hybridized carbons (Fsp3) is 0.0833. The molecule has 1 heterocycles. The van der Waals surface area contributed by atoms with Gasteiger partial charge in [-0.15, -0.1) is 0 Å². The molecule has 0 fully saturated rings. The number of benzene rings is 1. The van der Waals surface area contributed by atoms with Crippen LogP contribution in [0.25, 0.3) is 17.0 Å². The van der Waals surface area contributed by atoms with Crippen molar-refractivity contribution in [3.8, 4) is 0 Å². The molecule has 0 spiro atoms. The number of ether oxygens (including phenoxy) is 1. The van der Waals surface area contributed by atoms with Crippen molar-refractivity contribution in [3.63, 3.8) is 0 Å². The number of nitrogens with one attached hydrogen (secondary N) is 1. The number of esters is 1. The lowest BCUT2D eigenvalue weighted by molar-refractivity contribution is -0.134. The van der Waals surface area contributed by atoms with E-state index in [1.165, 1.54) is 19.5 Å². The molecule has 1 N–H and O–H groups in total. The van der Waals surface area contributed by atoms with E-state index >= 15 is 0 Å². The van der Waals surface area contributed by atoms with Gasteiger partial charge in [-0.25, -0.2) is 9.78 Å². The van der Waals surface area contributed by atoms with Gasteiger partial charge in [-0.1, -0.05) is 6.07 Å². The number of nitrogens with zero attached hydrogens (tertiary/aromatic N) is 1. The monoisotopic (exact) mass is 230 g/mol. The van der Waals surface area contributed by atoms with E-state index in [9.17, 15) is 9.59 Å². The first-order chi connectivity index (χ1) is 8.20. The van der Waals surface area contributed by atoms with Gasteiger partial charge in [-0.2, -0.15) is 0 Å². The van der Waals surface area contributed by atoms with E-state index in [1.807, 2.05) is 0 Å². The summed E-state index contributed by atoms with van der Waals surface area (Å²) in [6.45, 7) is 0. The second kappa shape index (κ2) is 4.61. The molecule has 2 rings (SSSR count). The summed E-state index contributed by atoms with van der Waals surface area (Å²) in [5.74, 6) is -0.440. The smallest absolute Gasteiger partial charge is 0.330 e. The van der Waals surface area contributed by atoms with Crippen LogP contribution in [0.2, 0.25) is 0 Å². The fourth-order valence-electron chi connectivity index (χ4n) is 1.42. The van der Waals surface area contributed by atoms with E-state index in [4.69, 9.17) is 0 Å². The topological polar surface area (TPSA) is 72.0 Å². The molecule has 0 atom stereocenters. The zero-order valence-corrected chi connectivity index (χ0v) is 9.14. The van der Waals surface area contributed by atoms with Crippen molar-refractivity contribution in [1.29, 1.82) is 0 Å². The van der Waals surface area contributed by atoms with Gasteiger partial charge in [0.05, 0.1) is 24.3 Å². The Morgan fingerprint density at radius 1 is 1.47 bits per heavy atom. The second-order valence-corrected chi connectivity index (χ2v) is 3.36. The summed E-state index contributed by atoms with van der Waals surface area (Å²) in [7, 11) is 1.31. The van der Waals surface area contributed by atoms with Gasteiger partial charge in [-0.05, 0) is 23.8 Å². The number of methoxy groups -OCH3 is 1. The maximum absolute atomic E-state index is 11.5. The first-order valence-corrected chi connectivity index (χ1v) is 4.94. The van der Waals surface area contributed by atoms with Crippen LogP contribution in [0.15, 0.2) is 35.4 Å². The normalized spacial score (nSPS) is 10.9. The lowest BCUT2D eigenvalue weighted by Crippen LogP contribution is -2.06. The van der Waals surface area contributed by atoms with Gasteiger partial charge in [0.1, 0.15) is 0 Å². The summed E-state index contributed by atoms with van der Waals surface area (Å²) in [5.41, 5.74) is 1.15. The van der Waals surface area contributed by atoms with Crippen LogP contribution in [0, 0.1) is 0 Å². The molecule has 86 valence electrons. The zero-order chi connectivity index (χ0) is 12.3. The molecular formula is C12H10N2O3.